The van der Waals surface area contributed by atoms with Crippen LogP contribution in [-0.2, 0) is 0 Å². The molecule has 18 rings (SSSR count). The van der Waals surface area contributed by atoms with E-state index >= 15 is 0 Å². The van der Waals surface area contributed by atoms with E-state index in [-0.39, 0.29) is 7.43 Å². The van der Waals surface area contributed by atoms with Gasteiger partial charge in [-0.05, 0) is 87.0 Å². The third-order valence-electron chi connectivity index (χ3n) is 16.5. The van der Waals surface area contributed by atoms with Crippen molar-refractivity contribution in [3.8, 4) is 56.2 Å². The van der Waals surface area contributed by atoms with E-state index in [9.17, 15) is 10.0 Å². The van der Waals surface area contributed by atoms with Crippen LogP contribution in [0.25, 0.3) is 155 Å². The summed E-state index contributed by atoms with van der Waals surface area (Å²) >= 11 is 3.54. The third-order valence-corrected chi connectivity index (χ3v) is 17.0. The maximum Gasteiger partial charge on any atom is 0.488 e. The summed E-state index contributed by atoms with van der Waals surface area (Å²) in [6.45, 7) is 0. The van der Waals surface area contributed by atoms with Gasteiger partial charge in [-0.1, -0.05) is 254 Å². The number of fused-ring (bicyclic) bond motifs is 18. The maximum atomic E-state index is 9.35. The number of nitrogens with zero attached hydrogens (tertiary/aromatic N) is 6. The smallest absolute Gasteiger partial charge is 0.455 e. The molecule has 0 aliphatic rings. The molecule has 0 saturated carbocycles. The zero-order chi connectivity index (χ0) is 58.8. The van der Waals surface area contributed by atoms with Gasteiger partial charge in [0.1, 0.15) is 22.3 Å². The molecule has 0 aliphatic carbocycles. The molecule has 12 heteroatoms. The van der Waals surface area contributed by atoms with E-state index in [4.69, 9.17) is 13.9 Å². The average Bonchev–Trinajstić information content (AvgIpc) is 1.79. The summed E-state index contributed by atoms with van der Waals surface area (Å²) in [7, 11) is -1.48. The largest absolute Gasteiger partial charge is 0.488 e. The quantitative estimate of drug-likeness (QED) is 0.124. The molecule has 6 heterocycles. The van der Waals surface area contributed by atoms with Crippen LogP contribution in [0.15, 0.2) is 292 Å². The van der Waals surface area contributed by atoms with Gasteiger partial charge in [0.25, 0.3) is 0 Å². The van der Waals surface area contributed by atoms with E-state index < -0.39 is 7.12 Å². The molecule has 0 aliphatic heterocycles. The summed E-state index contributed by atoms with van der Waals surface area (Å²) in [5.41, 5.74) is 16.3. The Kier molecular flexibility index (Phi) is 13.9. The molecule has 12 aromatic carbocycles. The summed E-state index contributed by atoms with van der Waals surface area (Å²) < 4.78 is 17.7. The first-order valence-electron chi connectivity index (χ1n) is 28.9. The Balaban J connectivity index is 0.000000120. The van der Waals surface area contributed by atoms with Gasteiger partial charge in [-0.2, -0.15) is 0 Å². The molecule has 6 aromatic heterocycles. The van der Waals surface area contributed by atoms with Crippen molar-refractivity contribution in [3.63, 3.8) is 0 Å². The molecule has 2 N–H and O–H groups in total. The Morgan fingerprint density at radius 3 is 1.19 bits per heavy atom. The molecule has 0 atom stereocenters. The second-order valence-corrected chi connectivity index (χ2v) is 22.6. The molecule has 0 fully saturated rings. The maximum absolute atomic E-state index is 9.35. The van der Waals surface area contributed by atoms with Gasteiger partial charge in [0, 0.05) is 69.8 Å². The highest BCUT2D eigenvalue weighted by Gasteiger charge is 2.20. The first-order chi connectivity index (χ1) is 43.4. The lowest BCUT2D eigenvalue weighted by molar-refractivity contribution is 0.426. The number of halogens is 1. The van der Waals surface area contributed by atoms with Crippen LogP contribution in [0, 0.1) is 0 Å². The van der Waals surface area contributed by atoms with E-state index in [0.717, 1.165) is 138 Å². The third kappa shape index (κ3) is 9.54. The van der Waals surface area contributed by atoms with Gasteiger partial charge in [-0.3, -0.25) is 8.80 Å². The van der Waals surface area contributed by atoms with Gasteiger partial charge in [0.15, 0.2) is 22.9 Å². The van der Waals surface area contributed by atoms with Gasteiger partial charge in [0.05, 0.1) is 11.0 Å². The normalized spacial score (nSPS) is 11.4. The lowest BCUT2D eigenvalue weighted by Gasteiger charge is -2.11. The number of hydrogen-bond donors (Lipinski definition) is 2. The van der Waals surface area contributed by atoms with Gasteiger partial charge in [-0.15, -0.1) is 20.4 Å². The van der Waals surface area contributed by atoms with E-state index in [1.165, 1.54) is 21.5 Å². The first-order valence-corrected chi connectivity index (χ1v) is 29.7. The molecular weight excluding hydrogens is 1160 g/mol. The highest BCUT2D eigenvalue weighted by atomic mass is 79.9. The van der Waals surface area contributed by atoms with E-state index in [0.29, 0.717) is 5.46 Å². The van der Waals surface area contributed by atoms with Crippen LogP contribution in [0.2, 0.25) is 0 Å². The van der Waals surface area contributed by atoms with Crippen LogP contribution in [0.5, 0.6) is 0 Å². The van der Waals surface area contributed by atoms with Crippen molar-refractivity contribution >= 4 is 127 Å². The van der Waals surface area contributed by atoms with Crippen molar-refractivity contribution in [2.45, 2.75) is 7.43 Å². The number of rotatable bonds is 6. The SMILES string of the molecule is Brc1cccc(-c2nnc3c4ccccc4c4ccccc4n23)c1.C.OB(O)c1cccc(-c2cccc3c2oc2ccccc23)c1.c1cc(-c2cccc(-c3nnc4c5ccccc5c5ccccc5n34)c2)cc(-c2cccc3c2oc2ccccc23)c1. The van der Waals surface area contributed by atoms with E-state index in [2.05, 4.69) is 222 Å². The fourth-order valence-corrected chi connectivity index (χ4v) is 12.9. The Bertz CT molecular complexity index is 5750. The topological polar surface area (TPSA) is 127 Å². The second-order valence-electron chi connectivity index (χ2n) is 21.7. The predicted octanol–water partition coefficient (Wildman–Crippen LogP) is 19.0. The molecule has 0 amide bonds. The van der Waals surface area contributed by atoms with Crippen molar-refractivity contribution < 1.29 is 18.9 Å². The lowest BCUT2D eigenvalue weighted by Crippen LogP contribution is -2.29. The molecule has 0 unspecified atom stereocenters. The number of benzene rings is 12. The first kappa shape index (κ1) is 54.6. The van der Waals surface area contributed by atoms with Crippen LogP contribution in [-0.4, -0.2) is 46.4 Å². The van der Waals surface area contributed by atoms with Crippen molar-refractivity contribution in [1.29, 1.82) is 0 Å². The van der Waals surface area contributed by atoms with E-state index in [1.807, 2.05) is 84.9 Å². The summed E-state index contributed by atoms with van der Waals surface area (Å²) in [6.07, 6.45) is 0. The molecule has 89 heavy (non-hydrogen) atoms. The van der Waals surface area contributed by atoms with Crippen LogP contribution in [0.1, 0.15) is 7.43 Å². The Morgan fingerprint density at radius 2 is 0.685 bits per heavy atom. The Labute approximate surface area is 519 Å². The molecule has 10 nitrogen and oxygen atoms in total. The Morgan fingerprint density at radius 1 is 0.315 bits per heavy atom. The summed E-state index contributed by atoms with van der Waals surface area (Å²) in [5.74, 6) is 1.69. The van der Waals surface area contributed by atoms with Crippen LogP contribution >= 0.6 is 15.9 Å². The number of para-hydroxylation sites is 6. The molecule has 18 aromatic rings. The number of pyridine rings is 2. The van der Waals surface area contributed by atoms with Crippen molar-refractivity contribution in [3.05, 3.63) is 284 Å². The fraction of sp³-hybridized carbons (Fsp3) is 0.0130. The molecule has 0 spiro atoms. The van der Waals surface area contributed by atoms with Crippen molar-refractivity contribution in [1.82, 2.24) is 29.2 Å². The second kappa shape index (κ2) is 22.7. The van der Waals surface area contributed by atoms with E-state index in [1.54, 1.807) is 12.1 Å². The molecule has 0 radical (unpaired) electrons. The highest BCUT2D eigenvalue weighted by Crippen LogP contribution is 2.40. The summed E-state index contributed by atoms with van der Waals surface area (Å²) in [5, 5.41) is 48.5. The highest BCUT2D eigenvalue weighted by molar-refractivity contribution is 9.10. The molecule has 0 bridgehead atoms. The van der Waals surface area contributed by atoms with Gasteiger partial charge in [-0.25, -0.2) is 0 Å². The monoisotopic (exact) mass is 1210 g/mol. The Hall–Kier alpha value is -11.0. The number of furan rings is 2. The van der Waals surface area contributed by atoms with Crippen LogP contribution < -0.4 is 5.46 Å². The van der Waals surface area contributed by atoms with Crippen LogP contribution in [0.3, 0.4) is 0 Å². The van der Waals surface area contributed by atoms with Crippen LogP contribution in [0.4, 0.5) is 0 Å². The predicted molar refractivity (Wildman–Crippen MR) is 368 cm³/mol. The zero-order valence-corrected chi connectivity index (χ0v) is 48.5. The standard InChI is InChI=1S/C38H23N3O.C20H12BrN3.C18H13BO3.CH4/c1-2-17-33-29(14-1)30-15-3-5-20-34(30)41-37(39-40-38(33)41)27-13-8-11-25(23-27)24-10-7-12-26(22-24)28-18-9-19-32-31-16-4-6-21-35(31)42-36(28)32;21-14-7-5-6-13(12-14)19-22-23-20-17-10-2-1-8-15(17)16-9-3-4-11-18(16)24(19)20;20-19(21)13-6-3-5-12(11-13)14-8-4-9-16-15-7-1-2-10-17(15)22-18(14)16;/h1-23H;1-12H;1-11,20-21H;1H4. The minimum atomic E-state index is -1.48. The zero-order valence-electron chi connectivity index (χ0n) is 46.9. The fourth-order valence-electron chi connectivity index (χ4n) is 12.5. The number of aromatic nitrogens is 6. The minimum absolute atomic E-state index is 0. The molecule has 424 valence electrons. The number of hydrogen-bond acceptors (Lipinski definition) is 8. The van der Waals surface area contributed by atoms with Gasteiger partial charge < -0.3 is 18.9 Å². The lowest BCUT2D eigenvalue weighted by atomic mass is 9.79. The average molecular weight is 1220 g/mol. The summed E-state index contributed by atoms with van der Waals surface area (Å²) in [6, 6.07) is 94.8. The molecule has 0 saturated heterocycles. The van der Waals surface area contributed by atoms with Crippen molar-refractivity contribution in [2.24, 2.45) is 0 Å². The molecular formula is C77H52BBrN6O4. The minimum Gasteiger partial charge on any atom is -0.455 e. The van der Waals surface area contributed by atoms with Gasteiger partial charge in [0.2, 0.25) is 0 Å². The van der Waals surface area contributed by atoms with Crippen molar-refractivity contribution in [2.75, 3.05) is 0 Å². The van der Waals surface area contributed by atoms with Gasteiger partial charge >= 0.3 is 7.12 Å². The summed E-state index contributed by atoms with van der Waals surface area (Å²) in [4.78, 5) is 0.